The van der Waals surface area contributed by atoms with Crippen molar-refractivity contribution in [2.75, 3.05) is 19.0 Å². The molecule has 0 radical (unpaired) electrons. The van der Waals surface area contributed by atoms with Gasteiger partial charge in [0, 0.05) is 18.2 Å². The van der Waals surface area contributed by atoms with Gasteiger partial charge >= 0.3 is 6.03 Å². The van der Waals surface area contributed by atoms with E-state index in [1.54, 1.807) is 13.2 Å². The molecule has 2 heterocycles. The Morgan fingerprint density at radius 3 is 2.93 bits per heavy atom. The number of nitrogens with zero attached hydrogens (tertiary/aromatic N) is 3. The molecule has 1 aliphatic heterocycles. The number of urea groups is 1. The Morgan fingerprint density at radius 2 is 2.14 bits per heavy atom. The number of halogens is 2. The Hall–Kier alpha value is -3.49. The lowest BCUT2D eigenvalue weighted by atomic mass is 10.2. The SMILES string of the molecule is COc1cccc(-c2noc([C@H]3CCCN3C(=O)Nc3ccc(F)cc3F)n2)c1. The zero-order chi connectivity index (χ0) is 20.4. The quantitative estimate of drug-likeness (QED) is 0.702. The number of anilines is 1. The van der Waals surface area contributed by atoms with Gasteiger partial charge in [0.05, 0.1) is 12.8 Å². The molecule has 2 amide bonds. The fourth-order valence-electron chi connectivity index (χ4n) is 3.29. The van der Waals surface area contributed by atoms with Crippen molar-refractivity contribution < 1.29 is 22.8 Å². The Morgan fingerprint density at radius 1 is 1.28 bits per heavy atom. The van der Waals surface area contributed by atoms with Gasteiger partial charge in [-0.1, -0.05) is 17.3 Å². The van der Waals surface area contributed by atoms with Gasteiger partial charge in [-0.3, -0.25) is 0 Å². The number of carbonyl (C=O) groups excluding carboxylic acids is 1. The van der Waals surface area contributed by atoms with Crippen LogP contribution in [0.15, 0.2) is 47.0 Å². The van der Waals surface area contributed by atoms with Crippen molar-refractivity contribution in [2.45, 2.75) is 18.9 Å². The zero-order valence-corrected chi connectivity index (χ0v) is 15.6. The van der Waals surface area contributed by atoms with Gasteiger partial charge in [-0.25, -0.2) is 13.6 Å². The number of nitrogens with one attached hydrogen (secondary N) is 1. The van der Waals surface area contributed by atoms with Gasteiger partial charge in [0.15, 0.2) is 0 Å². The van der Waals surface area contributed by atoms with Crippen molar-refractivity contribution in [3.63, 3.8) is 0 Å². The molecule has 1 aliphatic rings. The van der Waals surface area contributed by atoms with Crippen LogP contribution in [0.3, 0.4) is 0 Å². The van der Waals surface area contributed by atoms with Crippen LogP contribution in [0.25, 0.3) is 11.4 Å². The van der Waals surface area contributed by atoms with Crippen molar-refractivity contribution >= 4 is 11.7 Å². The van der Waals surface area contributed by atoms with Gasteiger partial charge in [0.1, 0.15) is 23.4 Å². The van der Waals surface area contributed by atoms with Crippen LogP contribution in [0.5, 0.6) is 5.75 Å². The second-order valence-corrected chi connectivity index (χ2v) is 6.59. The van der Waals surface area contributed by atoms with Crippen molar-refractivity contribution in [3.05, 3.63) is 60.0 Å². The van der Waals surface area contributed by atoms with Gasteiger partial charge in [0.2, 0.25) is 11.7 Å². The molecule has 1 N–H and O–H groups in total. The summed E-state index contributed by atoms with van der Waals surface area (Å²) in [4.78, 5) is 18.6. The molecule has 0 bridgehead atoms. The summed E-state index contributed by atoms with van der Waals surface area (Å²) in [5.74, 6) is -0.203. The lowest BCUT2D eigenvalue weighted by Crippen LogP contribution is -2.34. The largest absolute Gasteiger partial charge is 0.497 e. The van der Waals surface area contributed by atoms with Gasteiger partial charge in [-0.15, -0.1) is 0 Å². The predicted octanol–water partition coefficient (Wildman–Crippen LogP) is 4.39. The molecular weight excluding hydrogens is 382 g/mol. The normalized spacial score (nSPS) is 16.1. The third-order valence-electron chi connectivity index (χ3n) is 4.74. The molecule has 1 saturated heterocycles. The Kier molecular flexibility index (Phi) is 5.11. The van der Waals surface area contributed by atoms with Crippen LogP contribution in [0.4, 0.5) is 19.3 Å². The monoisotopic (exact) mass is 400 g/mol. The van der Waals surface area contributed by atoms with Crippen molar-refractivity contribution in [2.24, 2.45) is 0 Å². The highest BCUT2D eigenvalue weighted by Gasteiger charge is 2.34. The highest BCUT2D eigenvalue weighted by atomic mass is 19.1. The first-order valence-electron chi connectivity index (χ1n) is 9.06. The molecule has 2 aromatic carbocycles. The number of carbonyl (C=O) groups is 1. The molecule has 3 aromatic rings. The topological polar surface area (TPSA) is 80.5 Å². The minimum Gasteiger partial charge on any atom is -0.497 e. The lowest BCUT2D eigenvalue weighted by Gasteiger charge is -2.22. The number of amides is 2. The van der Waals surface area contributed by atoms with E-state index >= 15 is 0 Å². The van der Waals surface area contributed by atoms with Crippen LogP contribution in [0, 0.1) is 11.6 Å². The Labute approximate surface area is 165 Å². The minimum atomic E-state index is -0.841. The molecule has 1 aromatic heterocycles. The number of benzene rings is 2. The number of hydrogen-bond acceptors (Lipinski definition) is 5. The predicted molar refractivity (Wildman–Crippen MR) is 100 cm³/mol. The van der Waals surface area contributed by atoms with Crippen LogP contribution in [0.2, 0.25) is 0 Å². The van der Waals surface area contributed by atoms with E-state index in [1.807, 2.05) is 18.2 Å². The lowest BCUT2D eigenvalue weighted by molar-refractivity contribution is 0.193. The summed E-state index contributed by atoms with van der Waals surface area (Å²) in [5, 5.41) is 6.48. The van der Waals surface area contributed by atoms with E-state index in [0.29, 0.717) is 30.4 Å². The van der Waals surface area contributed by atoms with Gasteiger partial charge < -0.3 is 19.5 Å². The summed E-state index contributed by atoms with van der Waals surface area (Å²) in [7, 11) is 1.57. The van der Waals surface area contributed by atoms with Gasteiger partial charge in [0.25, 0.3) is 0 Å². The molecule has 1 atom stereocenters. The number of aromatic nitrogens is 2. The van der Waals surface area contributed by atoms with E-state index in [-0.39, 0.29) is 5.69 Å². The molecule has 9 heteroatoms. The molecule has 150 valence electrons. The molecule has 0 saturated carbocycles. The fraction of sp³-hybridized carbons (Fsp3) is 0.250. The van der Waals surface area contributed by atoms with Crippen LogP contribution in [0.1, 0.15) is 24.8 Å². The van der Waals surface area contributed by atoms with Crippen molar-refractivity contribution in [3.8, 4) is 17.1 Å². The molecule has 1 fully saturated rings. The van der Waals surface area contributed by atoms with Gasteiger partial charge in [-0.2, -0.15) is 4.98 Å². The van der Waals surface area contributed by atoms with Crippen LogP contribution >= 0.6 is 0 Å². The first-order chi connectivity index (χ1) is 14.0. The first kappa shape index (κ1) is 18.9. The third kappa shape index (κ3) is 3.89. The second-order valence-electron chi connectivity index (χ2n) is 6.59. The smallest absolute Gasteiger partial charge is 0.322 e. The molecule has 0 spiro atoms. The Balaban J connectivity index is 1.52. The van der Waals surface area contributed by atoms with E-state index in [4.69, 9.17) is 9.26 Å². The van der Waals surface area contributed by atoms with E-state index in [1.165, 1.54) is 11.0 Å². The summed E-state index contributed by atoms with van der Waals surface area (Å²) >= 11 is 0. The van der Waals surface area contributed by atoms with E-state index in [9.17, 15) is 13.6 Å². The summed E-state index contributed by atoms with van der Waals surface area (Å²) in [6.45, 7) is 0.455. The molecule has 7 nitrogen and oxygen atoms in total. The molecule has 0 aliphatic carbocycles. The summed E-state index contributed by atoms with van der Waals surface area (Å²) < 4.78 is 37.5. The van der Waals surface area contributed by atoms with Gasteiger partial charge in [-0.05, 0) is 37.1 Å². The van der Waals surface area contributed by atoms with Crippen LogP contribution < -0.4 is 10.1 Å². The average Bonchev–Trinajstić information content (AvgIpc) is 3.39. The third-order valence-corrected chi connectivity index (χ3v) is 4.74. The Bertz CT molecular complexity index is 1040. The number of likely N-dealkylation sites (tertiary alicyclic amines) is 1. The van der Waals surface area contributed by atoms with Crippen molar-refractivity contribution in [1.29, 1.82) is 0 Å². The second kappa shape index (κ2) is 7.86. The maximum Gasteiger partial charge on any atom is 0.322 e. The summed E-state index contributed by atoms with van der Waals surface area (Å²) in [6, 6.07) is 9.27. The maximum atomic E-state index is 13.8. The highest BCUT2D eigenvalue weighted by Crippen LogP contribution is 2.33. The standard InChI is InChI=1S/C20H18F2N4O3/c1-28-14-5-2-4-12(10-14)18-24-19(29-25-18)17-6-3-9-26(17)20(27)23-16-8-7-13(21)11-15(16)22/h2,4-5,7-8,10-11,17H,3,6,9H2,1H3,(H,23,27)/t17-/m1/s1. The summed E-state index contributed by atoms with van der Waals surface area (Å²) in [6.07, 6.45) is 1.37. The number of rotatable bonds is 4. The number of methoxy groups -OCH3 is 1. The zero-order valence-electron chi connectivity index (χ0n) is 15.6. The van der Waals surface area contributed by atoms with Crippen LogP contribution in [-0.4, -0.2) is 34.7 Å². The molecular formula is C20H18F2N4O3. The average molecular weight is 400 g/mol. The number of hydrogen-bond donors (Lipinski definition) is 1. The van der Waals surface area contributed by atoms with E-state index in [0.717, 1.165) is 24.1 Å². The van der Waals surface area contributed by atoms with E-state index in [2.05, 4.69) is 15.5 Å². The fourth-order valence-corrected chi connectivity index (χ4v) is 3.29. The van der Waals surface area contributed by atoms with E-state index < -0.39 is 23.7 Å². The summed E-state index contributed by atoms with van der Waals surface area (Å²) in [5.41, 5.74) is 0.631. The minimum absolute atomic E-state index is 0.0929. The van der Waals surface area contributed by atoms with Crippen LogP contribution in [-0.2, 0) is 0 Å². The highest BCUT2D eigenvalue weighted by molar-refractivity contribution is 5.89. The molecule has 29 heavy (non-hydrogen) atoms. The molecule has 4 rings (SSSR count). The number of ether oxygens (including phenoxy) is 1. The first-order valence-corrected chi connectivity index (χ1v) is 9.06. The van der Waals surface area contributed by atoms with Crippen molar-refractivity contribution in [1.82, 2.24) is 15.0 Å². The maximum absolute atomic E-state index is 13.8. The molecule has 0 unspecified atom stereocenters.